The van der Waals surface area contributed by atoms with Crippen LogP contribution in [0.3, 0.4) is 0 Å². The van der Waals surface area contributed by atoms with Crippen LogP contribution >= 0.6 is 0 Å². The Morgan fingerprint density at radius 2 is 2.08 bits per heavy atom. The quantitative estimate of drug-likeness (QED) is 0.326. The predicted octanol–water partition coefficient (Wildman–Crippen LogP) is 5.07. The summed E-state index contributed by atoms with van der Waals surface area (Å²) >= 11 is 0. The van der Waals surface area contributed by atoms with E-state index in [4.69, 9.17) is 15.0 Å². The highest BCUT2D eigenvalue weighted by atomic mass is 19.1. The third-order valence-corrected chi connectivity index (χ3v) is 7.08. The first-order chi connectivity index (χ1) is 18.9. The molecule has 2 aromatic carbocycles. The van der Waals surface area contributed by atoms with Gasteiger partial charge in [-0.05, 0) is 49.6 Å². The summed E-state index contributed by atoms with van der Waals surface area (Å²) in [5, 5.41) is 8.63. The lowest BCUT2D eigenvalue weighted by atomic mass is 10.0. The number of anilines is 2. The van der Waals surface area contributed by atoms with E-state index in [0.29, 0.717) is 46.0 Å². The zero-order valence-corrected chi connectivity index (χ0v) is 21.6. The molecule has 6 rings (SSSR count). The molecule has 1 saturated heterocycles. The van der Waals surface area contributed by atoms with Crippen LogP contribution < -0.4 is 20.7 Å². The summed E-state index contributed by atoms with van der Waals surface area (Å²) in [6.07, 6.45) is 3.45. The van der Waals surface area contributed by atoms with E-state index in [2.05, 4.69) is 25.3 Å². The van der Waals surface area contributed by atoms with Crippen LogP contribution in [0.25, 0.3) is 33.1 Å². The molecule has 1 fully saturated rings. The number of nitrogens with two attached hydrogens (primary N) is 1. The molecule has 0 saturated carbocycles. The van der Waals surface area contributed by atoms with Crippen molar-refractivity contribution < 1.29 is 18.4 Å². The van der Waals surface area contributed by atoms with Gasteiger partial charge in [0.1, 0.15) is 17.3 Å². The molecule has 0 radical (unpaired) electrons. The fourth-order valence-corrected chi connectivity index (χ4v) is 5.21. The average molecular weight is 527 g/mol. The number of ether oxygens (including phenoxy) is 1. The van der Waals surface area contributed by atoms with Gasteiger partial charge in [-0.25, -0.2) is 14.4 Å². The van der Waals surface area contributed by atoms with Gasteiger partial charge in [0.05, 0.1) is 46.8 Å². The Balaban J connectivity index is 1.37. The van der Waals surface area contributed by atoms with Gasteiger partial charge in [-0.2, -0.15) is 0 Å². The topological polar surface area (TPSA) is 119 Å². The number of nitrogens with one attached hydrogen (secondary N) is 1. The summed E-state index contributed by atoms with van der Waals surface area (Å²) < 4.78 is 25.5. The van der Waals surface area contributed by atoms with Crippen LogP contribution in [-0.4, -0.2) is 47.3 Å². The van der Waals surface area contributed by atoms with Gasteiger partial charge in [0, 0.05) is 24.5 Å². The number of aryl methyl sites for hydroxylation is 1. The lowest BCUT2D eigenvalue weighted by molar-refractivity contribution is 0.102. The fourth-order valence-electron chi connectivity index (χ4n) is 5.21. The van der Waals surface area contributed by atoms with Crippen molar-refractivity contribution in [3.63, 3.8) is 0 Å². The standard InChI is InChI=1S/C29H27FN6O3/c1-16-25-27(36-12-4-5-19(31)15-36)23(14-32-29(25)39-35-16)34-28(37)21-11-10-17-8-9-18(13-22(17)33-21)26-20(30)6-3-7-24(26)38-2/h3,6-11,13-14,19H,4-5,12,15,31H2,1-2H3,(H,34,37)/t19-/m0/s1. The largest absolute Gasteiger partial charge is 0.496 e. The van der Waals surface area contributed by atoms with Crippen LogP contribution in [0.1, 0.15) is 29.0 Å². The highest BCUT2D eigenvalue weighted by molar-refractivity contribution is 6.09. The number of hydrogen-bond donors (Lipinski definition) is 2. The Labute approximate surface area is 223 Å². The number of halogens is 1. The molecular formula is C29H27FN6O3. The Kier molecular flexibility index (Phi) is 6.32. The van der Waals surface area contributed by atoms with Gasteiger partial charge in [0.15, 0.2) is 0 Å². The van der Waals surface area contributed by atoms with Crippen LogP contribution in [0, 0.1) is 12.7 Å². The summed E-state index contributed by atoms with van der Waals surface area (Å²) in [5.74, 6) is -0.386. The van der Waals surface area contributed by atoms with E-state index in [9.17, 15) is 9.18 Å². The summed E-state index contributed by atoms with van der Waals surface area (Å²) in [7, 11) is 1.50. The molecule has 4 heterocycles. The van der Waals surface area contributed by atoms with Gasteiger partial charge >= 0.3 is 0 Å². The summed E-state index contributed by atoms with van der Waals surface area (Å²) in [6.45, 7) is 3.28. The normalized spacial score (nSPS) is 15.6. The number of rotatable bonds is 5. The first-order valence-electron chi connectivity index (χ1n) is 12.7. The van der Waals surface area contributed by atoms with Crippen LogP contribution in [0.5, 0.6) is 5.75 Å². The number of hydrogen-bond acceptors (Lipinski definition) is 8. The van der Waals surface area contributed by atoms with Crippen LogP contribution in [0.4, 0.5) is 15.8 Å². The number of carbonyl (C=O) groups is 1. The molecule has 3 N–H and O–H groups in total. The lowest BCUT2D eigenvalue weighted by Crippen LogP contribution is -2.43. The number of benzene rings is 2. The number of nitrogens with zero attached hydrogens (tertiary/aromatic N) is 4. The fraction of sp³-hybridized carbons (Fsp3) is 0.241. The monoisotopic (exact) mass is 526 g/mol. The zero-order valence-electron chi connectivity index (χ0n) is 21.6. The van der Waals surface area contributed by atoms with Gasteiger partial charge in [-0.15, -0.1) is 0 Å². The third kappa shape index (κ3) is 4.52. The Morgan fingerprint density at radius 3 is 2.90 bits per heavy atom. The van der Waals surface area contributed by atoms with Crippen molar-refractivity contribution in [2.24, 2.45) is 5.73 Å². The third-order valence-electron chi connectivity index (χ3n) is 7.08. The van der Waals surface area contributed by atoms with Crippen molar-refractivity contribution >= 4 is 39.3 Å². The molecule has 1 aliphatic rings. The van der Waals surface area contributed by atoms with Crippen molar-refractivity contribution in [3.05, 3.63) is 71.9 Å². The molecule has 39 heavy (non-hydrogen) atoms. The highest BCUT2D eigenvalue weighted by Gasteiger charge is 2.26. The van der Waals surface area contributed by atoms with E-state index < -0.39 is 11.7 Å². The molecule has 1 amide bonds. The van der Waals surface area contributed by atoms with E-state index in [1.54, 1.807) is 30.5 Å². The van der Waals surface area contributed by atoms with E-state index in [1.165, 1.54) is 13.2 Å². The molecule has 3 aromatic heterocycles. The molecule has 0 aliphatic carbocycles. The Bertz CT molecular complexity index is 1720. The molecule has 0 unspecified atom stereocenters. The molecule has 198 valence electrons. The van der Waals surface area contributed by atoms with Gasteiger partial charge < -0.3 is 25.2 Å². The maximum atomic E-state index is 14.7. The number of pyridine rings is 2. The van der Waals surface area contributed by atoms with Crippen molar-refractivity contribution in [2.45, 2.75) is 25.8 Å². The summed E-state index contributed by atoms with van der Waals surface area (Å²) in [6, 6.07) is 13.6. The Morgan fingerprint density at radius 1 is 1.23 bits per heavy atom. The second kappa shape index (κ2) is 9.95. The van der Waals surface area contributed by atoms with Gasteiger partial charge in [0.2, 0.25) is 0 Å². The van der Waals surface area contributed by atoms with E-state index >= 15 is 0 Å². The zero-order chi connectivity index (χ0) is 27.1. The molecule has 1 aliphatic heterocycles. The average Bonchev–Trinajstić information content (AvgIpc) is 3.32. The smallest absolute Gasteiger partial charge is 0.274 e. The second-order valence-corrected chi connectivity index (χ2v) is 9.69. The minimum Gasteiger partial charge on any atom is -0.496 e. The molecule has 0 spiro atoms. The maximum absolute atomic E-state index is 14.7. The highest BCUT2D eigenvalue weighted by Crippen LogP contribution is 2.37. The minimum absolute atomic E-state index is 0.0232. The number of piperidine rings is 1. The molecule has 0 bridgehead atoms. The van der Waals surface area contributed by atoms with E-state index in [-0.39, 0.29) is 11.7 Å². The van der Waals surface area contributed by atoms with Crippen LogP contribution in [-0.2, 0) is 0 Å². The molecule has 9 nitrogen and oxygen atoms in total. The molecule has 5 aromatic rings. The maximum Gasteiger partial charge on any atom is 0.274 e. The van der Waals surface area contributed by atoms with Crippen molar-refractivity contribution in [1.29, 1.82) is 0 Å². The number of aromatic nitrogens is 3. The van der Waals surface area contributed by atoms with Crippen LogP contribution in [0.15, 0.2) is 59.3 Å². The number of carbonyl (C=O) groups excluding carboxylic acids is 1. The van der Waals surface area contributed by atoms with Crippen molar-refractivity contribution in [1.82, 2.24) is 15.1 Å². The van der Waals surface area contributed by atoms with Gasteiger partial charge in [-0.3, -0.25) is 4.79 Å². The first kappa shape index (κ1) is 24.7. The number of amides is 1. The molecular weight excluding hydrogens is 499 g/mol. The number of methoxy groups -OCH3 is 1. The summed E-state index contributed by atoms with van der Waals surface area (Å²) in [5.41, 5.74) is 10.4. The van der Waals surface area contributed by atoms with Gasteiger partial charge in [0.25, 0.3) is 11.6 Å². The summed E-state index contributed by atoms with van der Waals surface area (Å²) in [4.78, 5) is 24.6. The first-order valence-corrected chi connectivity index (χ1v) is 12.7. The van der Waals surface area contributed by atoms with Crippen LogP contribution in [0.2, 0.25) is 0 Å². The van der Waals surface area contributed by atoms with E-state index in [1.807, 2.05) is 25.1 Å². The molecule has 1 atom stereocenters. The SMILES string of the molecule is COc1cccc(F)c1-c1ccc2ccc(C(=O)Nc3cnc4onc(C)c4c3N3CCC[C@H](N)C3)nc2c1. The minimum atomic E-state index is -0.403. The van der Waals surface area contributed by atoms with Crippen molar-refractivity contribution in [2.75, 3.05) is 30.4 Å². The van der Waals surface area contributed by atoms with E-state index in [0.717, 1.165) is 35.8 Å². The second-order valence-electron chi connectivity index (χ2n) is 9.69. The molecule has 10 heteroatoms. The predicted molar refractivity (Wildman–Crippen MR) is 148 cm³/mol. The number of fused-ring (bicyclic) bond motifs is 2. The Hall–Kier alpha value is -4.57. The van der Waals surface area contributed by atoms with Crippen molar-refractivity contribution in [3.8, 4) is 16.9 Å². The lowest BCUT2D eigenvalue weighted by Gasteiger charge is -2.34. The van der Waals surface area contributed by atoms with Gasteiger partial charge in [-0.1, -0.05) is 29.4 Å².